The molecule has 0 radical (unpaired) electrons. The van der Waals surface area contributed by atoms with Crippen LogP contribution in [-0.4, -0.2) is 53.2 Å². The van der Waals surface area contributed by atoms with Crippen molar-refractivity contribution in [3.8, 4) is 22.9 Å². The second-order valence-corrected chi connectivity index (χ2v) is 9.16. The van der Waals surface area contributed by atoms with Gasteiger partial charge in [-0.15, -0.1) is 0 Å². The van der Waals surface area contributed by atoms with E-state index in [0.29, 0.717) is 36.4 Å². The molecule has 3 N–H and O–H groups in total. The van der Waals surface area contributed by atoms with Gasteiger partial charge in [-0.25, -0.2) is 14.4 Å². The molecule has 1 aliphatic heterocycles. The van der Waals surface area contributed by atoms with E-state index in [2.05, 4.69) is 20.2 Å². The predicted molar refractivity (Wildman–Crippen MR) is 124 cm³/mol. The lowest BCUT2D eigenvalue weighted by Gasteiger charge is -2.36. The summed E-state index contributed by atoms with van der Waals surface area (Å²) in [5, 5.41) is 3.12. The molecule has 2 fully saturated rings. The van der Waals surface area contributed by atoms with E-state index in [1.807, 2.05) is 0 Å². The lowest BCUT2D eigenvalue weighted by Crippen LogP contribution is -2.46. The van der Waals surface area contributed by atoms with Crippen LogP contribution in [0.25, 0.3) is 11.1 Å². The molecule has 0 spiro atoms. The molecule has 3 aliphatic rings. The maximum atomic E-state index is 14.5. The third-order valence-electron chi connectivity index (χ3n) is 7.12. The fourth-order valence-electron chi connectivity index (χ4n) is 5.43. The van der Waals surface area contributed by atoms with Gasteiger partial charge in [0, 0.05) is 51.0 Å². The molecular formula is C24H26FN7O2. The highest BCUT2D eigenvalue weighted by Gasteiger charge is 2.46. The molecule has 10 heteroatoms. The van der Waals surface area contributed by atoms with E-state index in [0.717, 1.165) is 53.4 Å². The minimum absolute atomic E-state index is 0.222. The Bertz CT molecular complexity index is 1250. The Labute approximate surface area is 196 Å². The molecule has 0 amide bonds. The molecule has 3 atom stereocenters. The monoisotopic (exact) mass is 463 g/mol. The van der Waals surface area contributed by atoms with Gasteiger partial charge >= 0.3 is 6.01 Å². The molecule has 3 unspecified atom stereocenters. The van der Waals surface area contributed by atoms with Gasteiger partial charge in [0.15, 0.2) is 11.6 Å². The SMILES string of the molecule is CNc1cc(F)cc2c1Cc1nc(Oc3cnc(COC)nc3)nc(N3CC4CC(N)C4C3)c1-2. The Morgan fingerprint density at radius 3 is 2.74 bits per heavy atom. The third kappa shape index (κ3) is 3.45. The number of rotatable bonds is 6. The van der Waals surface area contributed by atoms with Gasteiger partial charge in [-0.05, 0) is 41.5 Å². The van der Waals surface area contributed by atoms with E-state index in [9.17, 15) is 4.39 Å². The third-order valence-corrected chi connectivity index (χ3v) is 7.12. The summed E-state index contributed by atoms with van der Waals surface area (Å²) in [7, 11) is 3.39. The number of halogens is 1. The first kappa shape index (κ1) is 21.2. The van der Waals surface area contributed by atoms with Gasteiger partial charge in [0.1, 0.15) is 18.2 Å². The standard InChI is InChI=1S/C24H26FN7O2/c1-27-19-5-13(25)4-16-15(19)6-20-22(16)23(32-9-12-3-18(26)17(12)10-32)31-24(30-20)34-14-7-28-21(11-33-2)29-8-14/h4-5,7-8,12,17-18,27H,3,6,9-11,26H2,1-2H3. The highest BCUT2D eigenvalue weighted by molar-refractivity contribution is 5.88. The van der Waals surface area contributed by atoms with Crippen molar-refractivity contribution in [1.82, 2.24) is 19.9 Å². The lowest BCUT2D eigenvalue weighted by molar-refractivity contribution is 0.177. The van der Waals surface area contributed by atoms with Gasteiger partial charge in [-0.1, -0.05) is 0 Å². The molecule has 1 saturated carbocycles. The van der Waals surface area contributed by atoms with Crippen LogP contribution in [0.4, 0.5) is 15.9 Å². The minimum Gasteiger partial charge on any atom is -0.421 e. The summed E-state index contributed by atoms with van der Waals surface area (Å²) in [4.78, 5) is 20.3. The minimum atomic E-state index is -0.293. The zero-order valence-corrected chi connectivity index (χ0v) is 19.1. The molecule has 1 aromatic carbocycles. The summed E-state index contributed by atoms with van der Waals surface area (Å²) in [5.74, 6) is 2.49. The molecule has 0 bridgehead atoms. The van der Waals surface area contributed by atoms with Crippen LogP contribution in [0.15, 0.2) is 24.5 Å². The van der Waals surface area contributed by atoms with Crippen molar-refractivity contribution in [1.29, 1.82) is 0 Å². The summed E-state index contributed by atoms with van der Waals surface area (Å²) >= 11 is 0. The first-order chi connectivity index (χ1) is 16.5. The quantitative estimate of drug-likeness (QED) is 0.446. The number of nitrogens with zero attached hydrogens (tertiary/aromatic N) is 5. The Balaban J connectivity index is 1.41. The highest BCUT2D eigenvalue weighted by Crippen LogP contribution is 2.48. The van der Waals surface area contributed by atoms with Crippen molar-refractivity contribution in [2.75, 3.05) is 37.5 Å². The van der Waals surface area contributed by atoms with Crippen molar-refractivity contribution in [2.24, 2.45) is 17.6 Å². The van der Waals surface area contributed by atoms with Crippen LogP contribution in [0.3, 0.4) is 0 Å². The van der Waals surface area contributed by atoms with E-state index in [-0.39, 0.29) is 17.9 Å². The van der Waals surface area contributed by atoms with Crippen molar-refractivity contribution < 1.29 is 13.9 Å². The van der Waals surface area contributed by atoms with Gasteiger partial charge in [0.25, 0.3) is 0 Å². The number of methoxy groups -OCH3 is 1. The summed E-state index contributed by atoms with van der Waals surface area (Å²) in [6.45, 7) is 2.02. The van der Waals surface area contributed by atoms with Crippen LogP contribution in [0.1, 0.15) is 23.5 Å². The Hall–Kier alpha value is -3.37. The summed E-state index contributed by atoms with van der Waals surface area (Å²) in [5.41, 5.74) is 10.5. The van der Waals surface area contributed by atoms with E-state index >= 15 is 0 Å². The first-order valence-electron chi connectivity index (χ1n) is 11.4. The molecule has 9 nitrogen and oxygen atoms in total. The zero-order valence-electron chi connectivity index (χ0n) is 19.1. The molecule has 2 aliphatic carbocycles. The number of fused-ring (bicyclic) bond motifs is 4. The van der Waals surface area contributed by atoms with Gasteiger partial charge in [0.05, 0.1) is 18.1 Å². The fourth-order valence-corrected chi connectivity index (χ4v) is 5.43. The molecule has 34 heavy (non-hydrogen) atoms. The number of nitrogens with two attached hydrogens (primary N) is 1. The van der Waals surface area contributed by atoms with Crippen LogP contribution in [0, 0.1) is 17.7 Å². The molecule has 6 rings (SSSR count). The second kappa shape index (κ2) is 8.14. The first-order valence-corrected chi connectivity index (χ1v) is 11.4. The number of nitrogens with one attached hydrogen (secondary N) is 1. The number of hydrogen-bond acceptors (Lipinski definition) is 9. The average Bonchev–Trinajstić information content (AvgIpc) is 3.37. The van der Waals surface area contributed by atoms with Crippen LogP contribution in [0.5, 0.6) is 11.8 Å². The van der Waals surface area contributed by atoms with E-state index < -0.39 is 0 Å². The van der Waals surface area contributed by atoms with E-state index in [1.165, 1.54) is 6.07 Å². The topological polar surface area (TPSA) is 111 Å². The van der Waals surface area contributed by atoms with Crippen LogP contribution in [0.2, 0.25) is 0 Å². The molecule has 176 valence electrons. The number of hydrogen-bond donors (Lipinski definition) is 2. The van der Waals surface area contributed by atoms with Crippen LogP contribution >= 0.6 is 0 Å². The zero-order chi connectivity index (χ0) is 23.4. The van der Waals surface area contributed by atoms with E-state index in [1.54, 1.807) is 32.6 Å². The second-order valence-electron chi connectivity index (χ2n) is 9.16. The van der Waals surface area contributed by atoms with Crippen LogP contribution in [-0.2, 0) is 17.8 Å². The molecular weight excluding hydrogens is 437 g/mol. The van der Waals surface area contributed by atoms with Gasteiger partial charge in [-0.2, -0.15) is 9.97 Å². The summed E-state index contributed by atoms with van der Waals surface area (Å²) in [6, 6.07) is 3.54. The van der Waals surface area contributed by atoms with Crippen molar-refractivity contribution in [3.05, 3.63) is 47.4 Å². The molecule has 3 aromatic rings. The van der Waals surface area contributed by atoms with Gasteiger partial charge in [-0.3, -0.25) is 0 Å². The number of anilines is 2. The normalized spacial score (nSPS) is 22.1. The predicted octanol–water partition coefficient (Wildman–Crippen LogP) is 2.74. The number of benzene rings is 1. The largest absolute Gasteiger partial charge is 0.421 e. The van der Waals surface area contributed by atoms with Crippen molar-refractivity contribution in [3.63, 3.8) is 0 Å². The van der Waals surface area contributed by atoms with E-state index in [4.69, 9.17) is 25.2 Å². The fraction of sp³-hybridized carbons (Fsp3) is 0.417. The van der Waals surface area contributed by atoms with Crippen molar-refractivity contribution >= 4 is 11.5 Å². The van der Waals surface area contributed by atoms with Gasteiger partial charge in [0.2, 0.25) is 0 Å². The molecule has 3 heterocycles. The Kier molecular flexibility index (Phi) is 5.07. The maximum absolute atomic E-state index is 14.5. The number of aromatic nitrogens is 4. The summed E-state index contributed by atoms with van der Waals surface area (Å²) < 4.78 is 25.5. The van der Waals surface area contributed by atoms with Crippen LogP contribution < -0.4 is 20.7 Å². The van der Waals surface area contributed by atoms with Gasteiger partial charge < -0.3 is 25.4 Å². The molecule has 2 aromatic heterocycles. The Morgan fingerprint density at radius 1 is 1.21 bits per heavy atom. The smallest absolute Gasteiger partial charge is 0.324 e. The molecule has 1 saturated heterocycles. The van der Waals surface area contributed by atoms with Crippen molar-refractivity contribution in [2.45, 2.75) is 25.5 Å². The maximum Gasteiger partial charge on any atom is 0.324 e. The lowest BCUT2D eigenvalue weighted by atomic mass is 9.72. The number of ether oxygens (including phenoxy) is 2. The summed E-state index contributed by atoms with van der Waals surface area (Å²) in [6.07, 6.45) is 4.75. The average molecular weight is 464 g/mol. The highest BCUT2D eigenvalue weighted by atomic mass is 19.1. The Morgan fingerprint density at radius 2 is 2.03 bits per heavy atom.